The summed E-state index contributed by atoms with van der Waals surface area (Å²) in [6.07, 6.45) is 0. The molecule has 1 aliphatic carbocycles. The third-order valence-electron chi connectivity index (χ3n) is 13.2. The van der Waals surface area contributed by atoms with Crippen LogP contribution in [0.2, 0.25) is 0 Å². The Morgan fingerprint density at radius 3 is 1.22 bits per heavy atom. The molecule has 0 unspecified atom stereocenters. The Morgan fingerprint density at radius 1 is 0.324 bits per heavy atom. The van der Waals surface area contributed by atoms with E-state index in [9.17, 15) is 13.2 Å². The summed E-state index contributed by atoms with van der Waals surface area (Å²) in [6.45, 7) is 4.49. The highest BCUT2D eigenvalue weighted by atomic mass is 19.2. The first-order valence-corrected chi connectivity index (χ1v) is 22.4. The van der Waals surface area contributed by atoms with Gasteiger partial charge in [0.2, 0.25) is 5.82 Å². The molecule has 68 heavy (non-hydrogen) atoms. The summed E-state index contributed by atoms with van der Waals surface area (Å²) in [5.41, 5.74) is 12.4. The zero-order chi connectivity index (χ0) is 46.7. The summed E-state index contributed by atoms with van der Waals surface area (Å²) in [6, 6.07) is 69.9. The Hall–Kier alpha value is -8.29. The van der Waals surface area contributed by atoms with Crippen molar-refractivity contribution in [3.05, 3.63) is 253 Å². The Bertz CT molecular complexity index is 3470. The largest absolute Gasteiger partial charge is 0.310 e. The first-order valence-electron chi connectivity index (χ1n) is 22.4. The van der Waals surface area contributed by atoms with Gasteiger partial charge in [0, 0.05) is 33.6 Å². The summed E-state index contributed by atoms with van der Waals surface area (Å²) in [5, 5.41) is 2.24. The van der Waals surface area contributed by atoms with Crippen molar-refractivity contribution < 1.29 is 22.0 Å². The second kappa shape index (κ2) is 16.9. The highest BCUT2D eigenvalue weighted by molar-refractivity contribution is 6.10. The lowest BCUT2D eigenvalue weighted by Gasteiger charge is -2.30. The van der Waals surface area contributed by atoms with Gasteiger partial charge in [-0.05, 0) is 122 Å². The lowest BCUT2D eigenvalue weighted by molar-refractivity contribution is 0.380. The van der Waals surface area contributed by atoms with Crippen LogP contribution in [-0.2, 0) is 5.41 Å². The Kier molecular flexibility index (Phi) is 10.5. The van der Waals surface area contributed by atoms with Crippen molar-refractivity contribution in [3.8, 4) is 44.5 Å². The van der Waals surface area contributed by atoms with Crippen LogP contribution < -0.4 is 9.80 Å². The van der Waals surface area contributed by atoms with E-state index in [1.54, 1.807) is 48.5 Å². The first kappa shape index (κ1) is 42.4. The monoisotopic (exact) mass is 896 g/mol. The summed E-state index contributed by atoms with van der Waals surface area (Å²) >= 11 is 0. The van der Waals surface area contributed by atoms with Gasteiger partial charge in [-0.2, -0.15) is 0 Å². The average molecular weight is 897 g/mol. The van der Waals surface area contributed by atoms with E-state index in [0.29, 0.717) is 0 Å². The van der Waals surface area contributed by atoms with Gasteiger partial charge in [-0.15, -0.1) is 0 Å². The molecule has 2 nitrogen and oxygen atoms in total. The lowest BCUT2D eigenvalue weighted by atomic mass is 9.81. The van der Waals surface area contributed by atoms with Crippen LogP contribution in [0.5, 0.6) is 0 Å². The van der Waals surface area contributed by atoms with Gasteiger partial charge in [0.25, 0.3) is 0 Å². The number of rotatable bonds is 9. The molecule has 0 fully saturated rings. The summed E-state index contributed by atoms with van der Waals surface area (Å²) in [7, 11) is 0. The van der Waals surface area contributed by atoms with Gasteiger partial charge in [0.1, 0.15) is 5.69 Å². The minimum Gasteiger partial charge on any atom is -0.310 e. The number of nitrogens with zero attached hydrogens (tertiary/aromatic N) is 2. The highest BCUT2D eigenvalue weighted by Crippen LogP contribution is 2.55. The average Bonchev–Trinajstić information content (AvgIpc) is 3.62. The van der Waals surface area contributed by atoms with Crippen molar-refractivity contribution in [2.75, 3.05) is 9.80 Å². The van der Waals surface area contributed by atoms with Crippen molar-refractivity contribution in [2.24, 2.45) is 0 Å². The number of benzene rings is 10. The molecule has 0 saturated carbocycles. The van der Waals surface area contributed by atoms with E-state index in [2.05, 4.69) is 128 Å². The molecule has 11 rings (SSSR count). The SMILES string of the molecule is CC1(C)c2cc(-c3ccc(N(c4ccc(-c5ccccc5)cc4)c4c(F)c(F)c(F)c(F)c4F)cc3)ccc2-c2c1cc(N(c1ccccc1)c1ccc(-c3ccccc3)cc1)c1ccccc21. The number of hydrogen-bond acceptors (Lipinski definition) is 2. The maximum Gasteiger partial charge on any atom is 0.200 e. The fourth-order valence-electron chi connectivity index (χ4n) is 9.80. The molecule has 0 aliphatic heterocycles. The quantitative estimate of drug-likeness (QED) is 0.0809. The van der Waals surface area contributed by atoms with Gasteiger partial charge in [-0.25, -0.2) is 22.0 Å². The van der Waals surface area contributed by atoms with Crippen molar-refractivity contribution in [2.45, 2.75) is 19.3 Å². The summed E-state index contributed by atoms with van der Waals surface area (Å²) < 4.78 is 75.3. The number of halogens is 5. The molecule has 0 saturated heterocycles. The van der Waals surface area contributed by atoms with E-state index >= 15 is 8.78 Å². The first-order chi connectivity index (χ1) is 33.1. The molecule has 0 amide bonds. The molecule has 10 aromatic carbocycles. The zero-order valence-corrected chi connectivity index (χ0v) is 37.0. The van der Waals surface area contributed by atoms with Crippen LogP contribution in [0, 0.1) is 29.1 Å². The smallest absolute Gasteiger partial charge is 0.200 e. The fraction of sp³-hybridized carbons (Fsp3) is 0.0492. The van der Waals surface area contributed by atoms with Crippen LogP contribution in [0.25, 0.3) is 55.3 Å². The van der Waals surface area contributed by atoms with Crippen LogP contribution in [0.15, 0.2) is 212 Å². The molecular weight excluding hydrogens is 856 g/mol. The van der Waals surface area contributed by atoms with Gasteiger partial charge < -0.3 is 9.80 Å². The summed E-state index contributed by atoms with van der Waals surface area (Å²) in [4.78, 5) is 3.40. The van der Waals surface area contributed by atoms with E-state index < -0.39 is 40.2 Å². The Balaban J connectivity index is 0.989. The van der Waals surface area contributed by atoms with Crippen molar-refractivity contribution in [1.29, 1.82) is 0 Å². The second-order valence-electron chi connectivity index (χ2n) is 17.5. The Morgan fingerprint density at radius 2 is 0.706 bits per heavy atom. The molecule has 330 valence electrons. The number of para-hydroxylation sites is 1. The third kappa shape index (κ3) is 7.10. The second-order valence-corrected chi connectivity index (χ2v) is 17.5. The van der Waals surface area contributed by atoms with Crippen molar-refractivity contribution >= 4 is 44.9 Å². The van der Waals surface area contributed by atoms with E-state index in [1.807, 2.05) is 54.6 Å². The molecule has 10 aromatic rings. The maximum absolute atomic E-state index is 15.7. The third-order valence-corrected chi connectivity index (χ3v) is 13.2. The van der Waals surface area contributed by atoms with E-state index in [-0.39, 0.29) is 11.4 Å². The van der Waals surface area contributed by atoms with Gasteiger partial charge >= 0.3 is 0 Å². The minimum atomic E-state index is -2.22. The van der Waals surface area contributed by atoms with Crippen molar-refractivity contribution in [1.82, 2.24) is 0 Å². The molecule has 0 heterocycles. The molecule has 1 aliphatic rings. The molecule has 0 N–H and O–H groups in total. The molecule has 0 aromatic heterocycles. The van der Waals surface area contributed by atoms with Gasteiger partial charge in [-0.3, -0.25) is 0 Å². The number of anilines is 6. The van der Waals surface area contributed by atoms with Crippen LogP contribution >= 0.6 is 0 Å². The predicted molar refractivity (Wildman–Crippen MR) is 267 cm³/mol. The molecule has 7 heteroatoms. The predicted octanol–water partition coefficient (Wildman–Crippen LogP) is 17.8. The summed E-state index contributed by atoms with van der Waals surface area (Å²) in [5.74, 6) is -10.1. The number of hydrogen-bond donors (Lipinski definition) is 0. The topological polar surface area (TPSA) is 6.48 Å². The number of fused-ring (bicyclic) bond motifs is 5. The molecule has 0 atom stereocenters. The van der Waals surface area contributed by atoms with Gasteiger partial charge in [0.15, 0.2) is 23.3 Å². The minimum absolute atomic E-state index is 0.204. The molecule has 0 bridgehead atoms. The van der Waals surface area contributed by atoms with E-state index in [0.717, 1.165) is 77.2 Å². The standard InChI is InChI=1S/C61H41F5N2/c1-61(2)51-36-43(42-26-33-47(34-27-42)68(60-58(65)56(63)55(62)57(64)59(60)66)46-31-24-41(25-32-46)39-16-8-4-9-17-39)28-35-50(51)54-49-21-13-12-20-48(49)53(37-52(54)61)67(44-18-10-5-11-19-44)45-29-22-40(23-30-45)38-14-6-3-7-15-38/h3-37H,1-2H3. The zero-order valence-electron chi connectivity index (χ0n) is 37.0. The maximum atomic E-state index is 15.7. The van der Waals surface area contributed by atoms with E-state index in [1.165, 1.54) is 11.1 Å². The Labute approximate surface area is 391 Å². The van der Waals surface area contributed by atoms with Crippen LogP contribution in [0.1, 0.15) is 25.0 Å². The molecule has 0 radical (unpaired) electrons. The fourth-order valence-corrected chi connectivity index (χ4v) is 9.80. The van der Waals surface area contributed by atoms with E-state index in [4.69, 9.17) is 0 Å². The highest BCUT2D eigenvalue weighted by Gasteiger charge is 2.38. The van der Waals surface area contributed by atoms with Crippen LogP contribution in [-0.4, -0.2) is 0 Å². The molecule has 0 spiro atoms. The van der Waals surface area contributed by atoms with Crippen LogP contribution in [0.3, 0.4) is 0 Å². The van der Waals surface area contributed by atoms with Crippen LogP contribution in [0.4, 0.5) is 56.1 Å². The van der Waals surface area contributed by atoms with Crippen molar-refractivity contribution in [3.63, 3.8) is 0 Å². The normalized spacial score (nSPS) is 12.5. The van der Waals surface area contributed by atoms with Gasteiger partial charge in [0.05, 0.1) is 5.69 Å². The lowest BCUT2D eigenvalue weighted by Crippen LogP contribution is -2.17. The van der Waals surface area contributed by atoms with Gasteiger partial charge in [-0.1, -0.05) is 166 Å². The molecular formula is C61H41F5N2.